The van der Waals surface area contributed by atoms with E-state index in [9.17, 15) is 5.26 Å². The summed E-state index contributed by atoms with van der Waals surface area (Å²) in [4.78, 5) is 0. The molecule has 0 heterocycles. The van der Waals surface area contributed by atoms with E-state index in [0.717, 1.165) is 24.4 Å². The molecule has 1 nitrogen and oxygen atoms in total. The molecule has 0 amide bonds. The lowest BCUT2D eigenvalue weighted by molar-refractivity contribution is -0.0985. The van der Waals surface area contributed by atoms with Crippen LogP contribution in [0.1, 0.15) is 39.2 Å². The molecule has 5 atom stereocenters. The van der Waals surface area contributed by atoms with E-state index in [4.69, 9.17) is 0 Å². The zero-order chi connectivity index (χ0) is 20.6. The summed E-state index contributed by atoms with van der Waals surface area (Å²) in [7, 11) is -1.61. The Balaban J connectivity index is 1.65. The minimum absolute atomic E-state index is 0.171. The van der Waals surface area contributed by atoms with Crippen LogP contribution in [0.25, 0.3) is 0 Å². The van der Waals surface area contributed by atoms with Gasteiger partial charge in [-0.2, -0.15) is 0 Å². The van der Waals surface area contributed by atoms with E-state index in [2.05, 4.69) is 94.1 Å². The molecule has 5 rings (SSSR count). The highest BCUT2D eigenvalue weighted by Crippen LogP contribution is 2.70. The van der Waals surface area contributed by atoms with E-state index >= 15 is 0 Å². The van der Waals surface area contributed by atoms with Crippen molar-refractivity contribution >= 4 is 18.9 Å². The first kappa shape index (κ1) is 20.7. The Morgan fingerprint density at radius 1 is 1.03 bits per heavy atom. The van der Waals surface area contributed by atoms with Crippen molar-refractivity contribution in [2.45, 2.75) is 45.9 Å². The minimum Gasteiger partial charge on any atom is -0.248 e. The number of nitrogens with zero attached hydrogens (tertiary/aromatic N) is 1. The van der Waals surface area contributed by atoms with E-state index in [1.807, 2.05) is 0 Å². The topological polar surface area (TPSA) is 23.8 Å². The fourth-order valence-electron chi connectivity index (χ4n) is 6.46. The van der Waals surface area contributed by atoms with Crippen LogP contribution in [0, 0.1) is 34.4 Å². The average Bonchev–Trinajstić information content (AvgIpc) is 2.74. The third kappa shape index (κ3) is 3.57. The van der Waals surface area contributed by atoms with Crippen LogP contribution in [0.5, 0.6) is 0 Å². The Morgan fingerprint density at radius 2 is 1.66 bits per heavy atom. The molecule has 1 unspecified atom stereocenters. The van der Waals surface area contributed by atoms with Gasteiger partial charge >= 0.3 is 0 Å². The molecular weight excluding hydrogens is 368 g/mol. The molecule has 3 fully saturated rings. The third-order valence-electron chi connectivity index (χ3n) is 8.62. The van der Waals surface area contributed by atoms with E-state index in [0.29, 0.717) is 17.2 Å². The second-order valence-electron chi connectivity index (χ2n) is 10.3. The zero-order valence-electron chi connectivity index (χ0n) is 18.4. The third-order valence-corrected chi connectivity index (χ3v) is 13.0. The average molecular weight is 402 g/mol. The zero-order valence-corrected chi connectivity index (χ0v) is 19.3. The molecule has 2 aromatic rings. The standard InChI is InChI=1S/C26H34BNP/c1-20-24-17-22(26(24,2)3)18-25(20)27(19-28)29(4,23-13-9-6-10-14-23)16-15-21-11-7-5-8-12-21/h5-14,20,22,24-25H,15-18H2,1-4H3/t20-,22+,24-,25-,29?/m1/s1. The molecule has 151 valence electrons. The van der Waals surface area contributed by atoms with Crippen LogP contribution in [0.3, 0.4) is 0 Å². The van der Waals surface area contributed by atoms with E-state index in [1.165, 1.54) is 23.7 Å². The van der Waals surface area contributed by atoms with Crippen LogP contribution < -0.4 is 5.30 Å². The smallest absolute Gasteiger partial charge is 0.196 e. The number of rotatable bonds is 6. The van der Waals surface area contributed by atoms with Crippen molar-refractivity contribution in [1.29, 1.82) is 5.26 Å². The van der Waals surface area contributed by atoms with E-state index < -0.39 is 7.14 Å². The monoisotopic (exact) mass is 402 g/mol. The van der Waals surface area contributed by atoms with Gasteiger partial charge in [-0.25, -0.2) is 5.26 Å². The van der Waals surface area contributed by atoms with Crippen molar-refractivity contribution in [3.63, 3.8) is 0 Å². The molecule has 1 radical (unpaired) electrons. The lowest BCUT2D eigenvalue weighted by atomic mass is 9.37. The molecule has 3 aliphatic carbocycles. The van der Waals surface area contributed by atoms with Gasteiger partial charge in [0, 0.05) is 24.6 Å². The summed E-state index contributed by atoms with van der Waals surface area (Å²) in [6, 6.07) is 21.8. The van der Waals surface area contributed by atoms with Gasteiger partial charge in [0.15, 0.2) is 6.43 Å². The molecule has 2 bridgehead atoms. The van der Waals surface area contributed by atoms with Crippen molar-refractivity contribution in [2.75, 3.05) is 12.8 Å². The second-order valence-corrected chi connectivity index (χ2v) is 14.3. The molecular formula is C26H34BNP. The Morgan fingerprint density at radius 3 is 2.21 bits per heavy atom. The first-order valence-electron chi connectivity index (χ1n) is 11.2. The second kappa shape index (κ2) is 7.93. The van der Waals surface area contributed by atoms with E-state index in [-0.39, 0.29) is 6.43 Å². The lowest BCUT2D eigenvalue weighted by Gasteiger charge is -2.65. The number of hydrogen-bond donors (Lipinski definition) is 0. The summed E-state index contributed by atoms with van der Waals surface area (Å²) in [5, 5.41) is 11.9. The van der Waals surface area contributed by atoms with Gasteiger partial charge in [-0.1, -0.05) is 81.6 Å². The predicted octanol–water partition coefficient (Wildman–Crippen LogP) is 6.33. The Labute approximate surface area is 178 Å². The molecule has 0 aromatic heterocycles. The number of nitriles is 1. The lowest BCUT2D eigenvalue weighted by Crippen LogP contribution is -2.56. The summed E-state index contributed by atoms with van der Waals surface area (Å²) < 4.78 is 0. The van der Waals surface area contributed by atoms with Crippen molar-refractivity contribution in [3.8, 4) is 5.97 Å². The maximum Gasteiger partial charge on any atom is 0.196 e. The fraction of sp³-hybridized carbons (Fsp3) is 0.500. The van der Waals surface area contributed by atoms with Crippen LogP contribution in [0.4, 0.5) is 0 Å². The molecule has 0 spiro atoms. The fourth-order valence-corrected chi connectivity index (χ4v) is 10.4. The highest BCUT2D eigenvalue weighted by molar-refractivity contribution is 8.10. The van der Waals surface area contributed by atoms with Gasteiger partial charge in [0.25, 0.3) is 0 Å². The predicted molar refractivity (Wildman–Crippen MR) is 128 cm³/mol. The number of hydrogen-bond acceptors (Lipinski definition) is 1. The largest absolute Gasteiger partial charge is 0.248 e. The van der Waals surface area contributed by atoms with Crippen LogP contribution in [-0.2, 0) is 6.42 Å². The molecule has 3 aliphatic rings. The van der Waals surface area contributed by atoms with Crippen LogP contribution in [0.15, 0.2) is 60.7 Å². The molecule has 3 heteroatoms. The molecule has 0 saturated heterocycles. The number of aryl methyl sites for hydroxylation is 1. The number of fused-ring (bicyclic) bond motifs is 2. The van der Waals surface area contributed by atoms with Gasteiger partial charge in [-0.05, 0) is 41.4 Å². The van der Waals surface area contributed by atoms with Gasteiger partial charge in [0.2, 0.25) is 0 Å². The van der Waals surface area contributed by atoms with Gasteiger partial charge < -0.3 is 0 Å². The molecule has 0 N–H and O–H groups in total. The minimum atomic E-state index is -1.61. The van der Waals surface area contributed by atoms with Gasteiger partial charge in [0.1, 0.15) is 0 Å². The quantitative estimate of drug-likeness (QED) is 0.409. The van der Waals surface area contributed by atoms with Crippen LogP contribution in [0.2, 0.25) is 5.82 Å². The van der Waals surface area contributed by atoms with Crippen molar-refractivity contribution in [2.24, 2.45) is 23.2 Å². The van der Waals surface area contributed by atoms with Crippen molar-refractivity contribution in [1.82, 2.24) is 0 Å². The van der Waals surface area contributed by atoms with Crippen molar-refractivity contribution in [3.05, 3.63) is 66.2 Å². The first-order valence-corrected chi connectivity index (χ1v) is 13.7. The Hall–Kier alpha value is -1.58. The van der Waals surface area contributed by atoms with E-state index in [1.54, 1.807) is 0 Å². The van der Waals surface area contributed by atoms with Crippen LogP contribution >= 0.6 is 7.14 Å². The first-order chi connectivity index (χ1) is 13.9. The normalized spacial score (nSPS) is 29.5. The summed E-state index contributed by atoms with van der Waals surface area (Å²) in [5.41, 5.74) is 1.87. The maximum atomic E-state index is 10.5. The van der Waals surface area contributed by atoms with Crippen molar-refractivity contribution < 1.29 is 0 Å². The van der Waals surface area contributed by atoms with Gasteiger partial charge in [-0.15, -0.1) is 18.9 Å². The Bertz CT molecular complexity index is 875. The summed E-state index contributed by atoms with van der Waals surface area (Å²) in [5.74, 6) is 5.70. The summed E-state index contributed by atoms with van der Waals surface area (Å²) in [6.07, 6.45) is 4.99. The maximum absolute atomic E-state index is 10.5. The highest BCUT2D eigenvalue weighted by atomic mass is 31.2. The highest BCUT2D eigenvalue weighted by Gasteiger charge is 2.57. The Kier molecular flexibility index (Phi) is 5.65. The summed E-state index contributed by atoms with van der Waals surface area (Å²) >= 11 is 0. The molecule has 3 saturated carbocycles. The SMILES string of the molecule is C[C@@H]1[C@H]2C[C@@H](C[C@H]1[B-](C#N)[P+](C)(CCc1ccccc1)c1ccccc1)C2(C)C. The van der Waals surface area contributed by atoms with Gasteiger partial charge in [0.05, 0.1) is 0 Å². The van der Waals surface area contributed by atoms with Gasteiger partial charge in [-0.3, -0.25) is 0 Å². The summed E-state index contributed by atoms with van der Waals surface area (Å²) in [6.45, 7) is 9.84. The molecule has 29 heavy (non-hydrogen) atoms. The molecule has 2 aromatic carbocycles. The van der Waals surface area contributed by atoms with Crippen LogP contribution in [-0.4, -0.2) is 19.3 Å². The number of benzene rings is 2. The molecule has 0 aliphatic heterocycles.